The number of hydrogen-bond donors (Lipinski definition) is 0. The van der Waals surface area contributed by atoms with Gasteiger partial charge in [-0.2, -0.15) is 0 Å². The van der Waals surface area contributed by atoms with Gasteiger partial charge in [-0.1, -0.05) is 57.9 Å². The third-order valence-electron chi connectivity index (χ3n) is 7.51. The summed E-state index contributed by atoms with van der Waals surface area (Å²) in [6.07, 6.45) is 3.69. The summed E-state index contributed by atoms with van der Waals surface area (Å²) in [6.45, 7) is 1.69. The third kappa shape index (κ3) is 3.60. The Bertz CT molecular complexity index is 1590. The van der Waals surface area contributed by atoms with E-state index in [1.807, 2.05) is 17.1 Å². The number of nitro groups is 1. The van der Waals surface area contributed by atoms with Crippen molar-refractivity contribution in [2.24, 2.45) is 11.8 Å². The van der Waals surface area contributed by atoms with E-state index in [0.717, 1.165) is 14.9 Å². The molecule has 10 heteroatoms. The molecule has 8 nitrogen and oxygen atoms in total. The van der Waals surface area contributed by atoms with Crippen molar-refractivity contribution in [2.45, 2.75) is 19.0 Å². The predicted octanol–water partition coefficient (Wildman–Crippen LogP) is 5.59. The van der Waals surface area contributed by atoms with Gasteiger partial charge in [0.1, 0.15) is 6.04 Å². The topological polar surface area (TPSA) is 101 Å². The number of imide groups is 1. The van der Waals surface area contributed by atoms with Crippen molar-refractivity contribution in [3.8, 4) is 0 Å². The molecule has 38 heavy (non-hydrogen) atoms. The van der Waals surface area contributed by atoms with Crippen LogP contribution in [-0.4, -0.2) is 34.6 Å². The van der Waals surface area contributed by atoms with Crippen molar-refractivity contribution in [3.05, 3.63) is 103 Å². The van der Waals surface area contributed by atoms with Crippen LogP contribution in [0.25, 0.3) is 6.08 Å². The number of nitrogens with zero attached hydrogens (tertiary/aromatic N) is 3. The van der Waals surface area contributed by atoms with Crippen molar-refractivity contribution in [1.29, 1.82) is 0 Å². The first-order chi connectivity index (χ1) is 18.2. The molecular weight excluding hydrogens is 574 g/mol. The zero-order valence-corrected chi connectivity index (χ0v) is 22.2. The predicted molar refractivity (Wildman–Crippen MR) is 146 cm³/mol. The number of fused-ring (bicyclic) bond motifs is 5. The van der Waals surface area contributed by atoms with E-state index in [1.165, 1.54) is 18.2 Å². The lowest BCUT2D eigenvalue weighted by Crippen LogP contribution is -2.49. The Kier molecular flexibility index (Phi) is 5.73. The summed E-state index contributed by atoms with van der Waals surface area (Å²) in [7, 11) is 0. The second-order valence-electron chi connectivity index (χ2n) is 9.57. The first-order valence-electron chi connectivity index (χ1n) is 11.9. The average molecular weight is 593 g/mol. The highest BCUT2D eigenvalue weighted by Crippen LogP contribution is 2.50. The molecule has 0 saturated carbocycles. The second kappa shape index (κ2) is 8.89. The van der Waals surface area contributed by atoms with Gasteiger partial charge in [-0.3, -0.25) is 24.5 Å². The molecule has 3 aromatic rings. The molecule has 0 N–H and O–H groups in total. The lowest BCUT2D eigenvalue weighted by molar-refractivity contribution is -0.384. The van der Waals surface area contributed by atoms with Gasteiger partial charge in [0.05, 0.1) is 28.5 Å². The fourth-order valence-electron chi connectivity index (χ4n) is 5.82. The third-order valence-corrected chi connectivity index (χ3v) is 8.27. The average Bonchev–Trinajstić information content (AvgIpc) is 3.36. The zero-order chi connectivity index (χ0) is 26.9. The van der Waals surface area contributed by atoms with Gasteiger partial charge in [0.25, 0.3) is 5.69 Å². The standard InChI is InChI=1S/C28H19BrClN3O5/c1-14-2-9-19(33(37)38)13-22(14)32-27(35)23-21-10-5-16-12-18(30)8-11-20(16)31(21)25(24(23)28(32)36)26(34)15-3-6-17(29)7-4-15/h2-13,21,23-25H,1H3/t21-,23-,24-,25+/m0/s1. The van der Waals surface area contributed by atoms with E-state index < -0.39 is 40.7 Å². The summed E-state index contributed by atoms with van der Waals surface area (Å²) in [6, 6.07) is 14.7. The Morgan fingerprint density at radius 1 is 0.974 bits per heavy atom. The molecular formula is C28H19BrClN3O5. The molecule has 2 amide bonds. The summed E-state index contributed by atoms with van der Waals surface area (Å²) in [4.78, 5) is 55.8. The molecule has 2 saturated heterocycles. The molecule has 0 aromatic heterocycles. The number of aryl methyl sites for hydroxylation is 1. The van der Waals surface area contributed by atoms with Crippen molar-refractivity contribution in [3.63, 3.8) is 0 Å². The van der Waals surface area contributed by atoms with E-state index in [1.54, 1.807) is 49.4 Å². The van der Waals surface area contributed by atoms with Gasteiger partial charge in [0, 0.05) is 32.9 Å². The molecule has 2 fully saturated rings. The van der Waals surface area contributed by atoms with Gasteiger partial charge in [0.2, 0.25) is 11.8 Å². The quantitative estimate of drug-likeness (QED) is 0.169. The van der Waals surface area contributed by atoms with Crippen molar-refractivity contribution >= 4 is 68.3 Å². The van der Waals surface area contributed by atoms with Gasteiger partial charge in [-0.15, -0.1) is 0 Å². The van der Waals surface area contributed by atoms with Gasteiger partial charge < -0.3 is 4.90 Å². The molecule has 0 radical (unpaired) electrons. The second-order valence-corrected chi connectivity index (χ2v) is 10.9. The normalized spacial score (nSPS) is 23.3. The maximum absolute atomic E-state index is 14.1. The van der Waals surface area contributed by atoms with Gasteiger partial charge >= 0.3 is 0 Å². The van der Waals surface area contributed by atoms with Gasteiger partial charge in [-0.05, 0) is 48.4 Å². The lowest BCUT2D eigenvalue weighted by atomic mass is 9.86. The van der Waals surface area contributed by atoms with Crippen LogP contribution in [0.2, 0.25) is 5.02 Å². The fourth-order valence-corrected chi connectivity index (χ4v) is 6.26. The van der Waals surface area contributed by atoms with Crippen LogP contribution in [0.5, 0.6) is 0 Å². The van der Waals surface area contributed by atoms with Crippen LogP contribution < -0.4 is 9.80 Å². The molecule has 6 rings (SSSR count). The SMILES string of the molecule is Cc1ccc([N+](=O)[O-])cc1N1C(=O)[C@@H]2[C@H](C1=O)[C@H](C(=O)c1ccc(Br)cc1)N1c3ccc(Cl)cc3C=C[C@@H]21. The number of Topliss-reactive ketones (excluding diaryl/α,β-unsaturated/α-hetero) is 1. The summed E-state index contributed by atoms with van der Waals surface area (Å²) in [5.41, 5.74) is 2.39. The van der Waals surface area contributed by atoms with E-state index >= 15 is 0 Å². The van der Waals surface area contributed by atoms with Gasteiger partial charge in [-0.25, -0.2) is 4.90 Å². The molecule has 3 aromatic carbocycles. The summed E-state index contributed by atoms with van der Waals surface area (Å²) >= 11 is 9.61. The highest BCUT2D eigenvalue weighted by molar-refractivity contribution is 9.10. The number of nitro benzene ring substituents is 1. The van der Waals surface area contributed by atoms with Crippen LogP contribution in [-0.2, 0) is 9.59 Å². The molecule has 3 heterocycles. The highest BCUT2D eigenvalue weighted by Gasteiger charge is 2.64. The van der Waals surface area contributed by atoms with E-state index in [2.05, 4.69) is 15.9 Å². The van der Waals surface area contributed by atoms with Crippen LogP contribution >= 0.6 is 27.5 Å². The lowest BCUT2D eigenvalue weighted by Gasteiger charge is -2.36. The van der Waals surface area contributed by atoms with E-state index in [4.69, 9.17) is 11.6 Å². The smallest absolute Gasteiger partial charge is 0.271 e. The Morgan fingerprint density at radius 3 is 2.39 bits per heavy atom. The molecule has 0 spiro atoms. The Morgan fingerprint density at radius 2 is 1.68 bits per heavy atom. The molecule has 0 aliphatic carbocycles. The summed E-state index contributed by atoms with van der Waals surface area (Å²) < 4.78 is 0.802. The van der Waals surface area contributed by atoms with E-state index in [-0.39, 0.29) is 17.2 Å². The molecule has 190 valence electrons. The Hall–Kier alpha value is -3.82. The van der Waals surface area contributed by atoms with Crippen molar-refractivity contribution in [1.82, 2.24) is 0 Å². The van der Waals surface area contributed by atoms with Crippen LogP contribution in [0.1, 0.15) is 21.5 Å². The monoisotopic (exact) mass is 591 g/mol. The number of non-ortho nitro benzene ring substituents is 1. The number of anilines is 2. The first-order valence-corrected chi connectivity index (χ1v) is 13.0. The number of carbonyl (C=O) groups excluding carboxylic acids is 3. The number of ketones is 1. The van der Waals surface area contributed by atoms with Crippen LogP contribution in [0.15, 0.2) is 71.2 Å². The minimum atomic E-state index is -0.978. The highest BCUT2D eigenvalue weighted by atomic mass is 79.9. The molecule has 4 atom stereocenters. The van der Waals surface area contributed by atoms with Crippen molar-refractivity contribution < 1.29 is 19.3 Å². The summed E-state index contributed by atoms with van der Waals surface area (Å²) in [5.74, 6) is -3.13. The molecule has 0 bridgehead atoms. The zero-order valence-electron chi connectivity index (χ0n) is 19.9. The van der Waals surface area contributed by atoms with Crippen LogP contribution in [0.4, 0.5) is 17.1 Å². The number of halogens is 2. The number of benzene rings is 3. The van der Waals surface area contributed by atoms with E-state index in [9.17, 15) is 24.5 Å². The van der Waals surface area contributed by atoms with E-state index in [0.29, 0.717) is 21.8 Å². The van der Waals surface area contributed by atoms with Gasteiger partial charge in [0.15, 0.2) is 5.78 Å². The summed E-state index contributed by atoms with van der Waals surface area (Å²) in [5, 5.41) is 12.0. The van der Waals surface area contributed by atoms with Crippen LogP contribution in [0.3, 0.4) is 0 Å². The Labute approximate surface area is 230 Å². The largest absolute Gasteiger partial charge is 0.352 e. The minimum Gasteiger partial charge on any atom is -0.352 e. The number of carbonyl (C=O) groups is 3. The molecule has 3 aliphatic heterocycles. The minimum absolute atomic E-state index is 0.164. The maximum atomic E-state index is 14.1. The molecule has 0 unspecified atom stereocenters. The number of amides is 2. The number of rotatable bonds is 4. The molecule has 3 aliphatic rings. The van der Waals surface area contributed by atoms with Crippen molar-refractivity contribution in [2.75, 3.05) is 9.80 Å². The Balaban J connectivity index is 1.50. The fraction of sp³-hybridized carbons (Fsp3) is 0.179. The van der Waals surface area contributed by atoms with Crippen LogP contribution in [0, 0.1) is 28.9 Å². The maximum Gasteiger partial charge on any atom is 0.271 e. The number of hydrogen-bond acceptors (Lipinski definition) is 6. The first kappa shape index (κ1) is 24.5.